The number of fused-ring (bicyclic) bond motifs is 5. The number of allylic oxidation sites excluding steroid dienone is 3. The maximum Gasteiger partial charge on any atom is -0.00853 e. The Hall–Kier alpha value is -0.520. The van der Waals surface area contributed by atoms with Crippen LogP contribution < -0.4 is 0 Å². The first kappa shape index (κ1) is 20.7. The Morgan fingerprint density at radius 2 is 1.86 bits per heavy atom. The standard InChI is InChI=1S/C28H46/c1-19(2)20(3)10-11-21(4)24-14-15-25-23-13-12-22-9-7-8-17-27(22,5)26(23)16-18-28(24,25)6/h9,19,21,23-26H,3,7-8,10-18H2,1-2,4-6H3/t21-,23+,24-,25+,26+,27+,28-/m1/s1. The van der Waals surface area contributed by atoms with Crippen LogP contribution in [0.3, 0.4) is 0 Å². The molecule has 0 nitrogen and oxygen atoms in total. The van der Waals surface area contributed by atoms with Crippen molar-refractivity contribution < 1.29 is 0 Å². The molecule has 0 aromatic carbocycles. The van der Waals surface area contributed by atoms with Crippen molar-refractivity contribution in [1.29, 1.82) is 0 Å². The molecule has 0 bridgehead atoms. The molecule has 0 N–H and O–H groups in total. The Morgan fingerprint density at radius 3 is 2.61 bits per heavy atom. The average molecular weight is 383 g/mol. The zero-order valence-corrected chi connectivity index (χ0v) is 19.5. The molecule has 0 amide bonds. The first-order valence-corrected chi connectivity index (χ1v) is 12.6. The normalized spacial score (nSPS) is 43.7. The van der Waals surface area contributed by atoms with Crippen LogP contribution in [0.15, 0.2) is 23.8 Å². The highest BCUT2D eigenvalue weighted by atomic mass is 14.6. The summed E-state index contributed by atoms with van der Waals surface area (Å²) in [5.74, 6) is 5.48. The summed E-state index contributed by atoms with van der Waals surface area (Å²) in [5.41, 5.74) is 4.50. The third-order valence-electron chi connectivity index (χ3n) is 10.5. The molecular formula is C28H46. The minimum atomic E-state index is 0.557. The second-order valence-corrected chi connectivity index (χ2v) is 12.0. The molecule has 3 fully saturated rings. The van der Waals surface area contributed by atoms with Gasteiger partial charge in [-0.1, -0.05) is 58.4 Å². The Labute approximate surface area is 175 Å². The molecular weight excluding hydrogens is 336 g/mol. The van der Waals surface area contributed by atoms with Crippen molar-refractivity contribution >= 4 is 0 Å². The molecule has 0 aromatic heterocycles. The summed E-state index contributed by atoms with van der Waals surface area (Å²) >= 11 is 0. The average Bonchev–Trinajstić information content (AvgIpc) is 3.02. The number of rotatable bonds is 5. The molecule has 3 saturated carbocycles. The van der Waals surface area contributed by atoms with Gasteiger partial charge in [0, 0.05) is 0 Å². The zero-order chi connectivity index (χ0) is 20.1. The molecule has 28 heavy (non-hydrogen) atoms. The fraction of sp³-hybridized carbons (Fsp3) is 0.857. The lowest BCUT2D eigenvalue weighted by Crippen LogP contribution is -2.50. The molecule has 0 unspecified atom stereocenters. The van der Waals surface area contributed by atoms with Crippen LogP contribution in [-0.2, 0) is 0 Å². The fourth-order valence-corrected chi connectivity index (χ4v) is 8.63. The van der Waals surface area contributed by atoms with Crippen molar-refractivity contribution in [2.45, 2.75) is 105 Å². The first-order valence-electron chi connectivity index (χ1n) is 12.6. The van der Waals surface area contributed by atoms with Crippen LogP contribution in [0.25, 0.3) is 0 Å². The lowest BCUT2D eigenvalue weighted by atomic mass is 9.46. The highest BCUT2D eigenvalue weighted by molar-refractivity contribution is 5.23. The molecule has 7 atom stereocenters. The van der Waals surface area contributed by atoms with Gasteiger partial charge in [0.2, 0.25) is 0 Å². The van der Waals surface area contributed by atoms with E-state index in [-0.39, 0.29) is 0 Å². The minimum absolute atomic E-state index is 0.557. The van der Waals surface area contributed by atoms with E-state index in [0.717, 1.165) is 29.6 Å². The molecule has 0 spiro atoms. The van der Waals surface area contributed by atoms with Crippen LogP contribution >= 0.6 is 0 Å². The lowest BCUT2D eigenvalue weighted by Gasteiger charge is -2.58. The molecule has 0 saturated heterocycles. The van der Waals surface area contributed by atoms with Gasteiger partial charge in [-0.2, -0.15) is 0 Å². The number of hydrogen-bond acceptors (Lipinski definition) is 0. The van der Waals surface area contributed by atoms with Crippen molar-refractivity contribution in [1.82, 2.24) is 0 Å². The summed E-state index contributed by atoms with van der Waals surface area (Å²) in [7, 11) is 0. The predicted molar refractivity (Wildman–Crippen MR) is 122 cm³/mol. The number of hydrogen-bond donors (Lipinski definition) is 0. The maximum absolute atomic E-state index is 4.35. The summed E-state index contributed by atoms with van der Waals surface area (Å²) < 4.78 is 0. The van der Waals surface area contributed by atoms with Gasteiger partial charge in [-0.15, -0.1) is 0 Å². The van der Waals surface area contributed by atoms with E-state index in [4.69, 9.17) is 0 Å². The largest absolute Gasteiger partial charge is 0.0996 e. The molecule has 0 aromatic rings. The van der Waals surface area contributed by atoms with E-state index in [1.807, 2.05) is 5.57 Å². The quantitative estimate of drug-likeness (QED) is 0.418. The van der Waals surface area contributed by atoms with E-state index >= 15 is 0 Å². The highest BCUT2D eigenvalue weighted by Crippen LogP contribution is 2.67. The van der Waals surface area contributed by atoms with Crippen LogP contribution in [0.2, 0.25) is 0 Å². The Kier molecular flexibility index (Phi) is 5.65. The third kappa shape index (κ3) is 3.26. The maximum atomic E-state index is 4.35. The van der Waals surface area contributed by atoms with Crippen molar-refractivity contribution in [3.8, 4) is 0 Å². The van der Waals surface area contributed by atoms with Gasteiger partial charge in [0.05, 0.1) is 0 Å². The van der Waals surface area contributed by atoms with Gasteiger partial charge in [0.1, 0.15) is 0 Å². The smallest absolute Gasteiger partial charge is 0.00853 e. The summed E-state index contributed by atoms with van der Waals surface area (Å²) in [6.07, 6.45) is 18.5. The van der Waals surface area contributed by atoms with Crippen molar-refractivity contribution in [3.63, 3.8) is 0 Å². The minimum Gasteiger partial charge on any atom is -0.0996 e. The molecule has 0 aliphatic heterocycles. The molecule has 4 aliphatic rings. The van der Waals surface area contributed by atoms with E-state index in [1.165, 1.54) is 76.2 Å². The van der Waals surface area contributed by atoms with Gasteiger partial charge in [0.15, 0.2) is 0 Å². The third-order valence-corrected chi connectivity index (χ3v) is 10.5. The van der Waals surface area contributed by atoms with Gasteiger partial charge in [-0.25, -0.2) is 0 Å². The SMILES string of the molecule is C=C(CC[C@@H](C)[C@H]1CC[C@H]2[C@@H]3CCC4=CCCC[C@]4(C)[C@H]3CC[C@]12C)C(C)C. The topological polar surface area (TPSA) is 0 Å². The monoisotopic (exact) mass is 382 g/mol. The van der Waals surface area contributed by atoms with Crippen molar-refractivity contribution in [2.24, 2.45) is 46.3 Å². The Bertz CT molecular complexity index is 624. The lowest BCUT2D eigenvalue weighted by molar-refractivity contribution is -0.0590. The van der Waals surface area contributed by atoms with E-state index in [9.17, 15) is 0 Å². The summed E-state index contributed by atoms with van der Waals surface area (Å²) in [4.78, 5) is 0. The molecule has 4 rings (SSSR count). The van der Waals surface area contributed by atoms with Crippen LogP contribution in [0, 0.1) is 46.3 Å². The van der Waals surface area contributed by atoms with Crippen molar-refractivity contribution in [3.05, 3.63) is 23.8 Å². The Morgan fingerprint density at radius 1 is 1.07 bits per heavy atom. The highest BCUT2D eigenvalue weighted by Gasteiger charge is 2.59. The summed E-state index contributed by atoms with van der Waals surface area (Å²) in [5, 5.41) is 0. The fourth-order valence-electron chi connectivity index (χ4n) is 8.63. The first-order chi connectivity index (χ1) is 13.3. The summed E-state index contributed by atoms with van der Waals surface area (Å²) in [6.45, 7) is 16.9. The molecule has 4 aliphatic carbocycles. The van der Waals surface area contributed by atoms with Gasteiger partial charge in [-0.3, -0.25) is 0 Å². The van der Waals surface area contributed by atoms with E-state index in [1.54, 1.807) is 0 Å². The van der Waals surface area contributed by atoms with Crippen LogP contribution in [0.5, 0.6) is 0 Å². The Balaban J connectivity index is 1.48. The molecule has 0 heteroatoms. The predicted octanol–water partition coefficient (Wildman–Crippen LogP) is 8.58. The second-order valence-electron chi connectivity index (χ2n) is 12.0. The van der Waals surface area contributed by atoms with Crippen molar-refractivity contribution in [2.75, 3.05) is 0 Å². The van der Waals surface area contributed by atoms with Gasteiger partial charge in [-0.05, 0) is 117 Å². The van der Waals surface area contributed by atoms with Gasteiger partial charge >= 0.3 is 0 Å². The van der Waals surface area contributed by atoms with Gasteiger partial charge < -0.3 is 0 Å². The second kappa shape index (κ2) is 7.63. The summed E-state index contributed by atoms with van der Waals surface area (Å²) in [6, 6.07) is 0. The molecule has 0 heterocycles. The van der Waals surface area contributed by atoms with Crippen LogP contribution in [-0.4, -0.2) is 0 Å². The molecule has 158 valence electrons. The van der Waals surface area contributed by atoms with E-state index in [0.29, 0.717) is 16.7 Å². The zero-order valence-electron chi connectivity index (χ0n) is 19.5. The molecule has 0 radical (unpaired) electrons. The van der Waals surface area contributed by atoms with Gasteiger partial charge in [0.25, 0.3) is 0 Å². The van der Waals surface area contributed by atoms with E-state index < -0.39 is 0 Å². The van der Waals surface area contributed by atoms with Crippen LogP contribution in [0.4, 0.5) is 0 Å². The van der Waals surface area contributed by atoms with Crippen LogP contribution in [0.1, 0.15) is 105 Å². The van der Waals surface area contributed by atoms with E-state index in [2.05, 4.69) is 47.3 Å².